The molecule has 1 atom stereocenters. The zero-order valence-electron chi connectivity index (χ0n) is 13.0. The molecule has 0 spiro atoms. The number of hydrogen-bond acceptors (Lipinski definition) is 6. The molecule has 0 aliphatic carbocycles. The molecule has 2 rings (SSSR count). The fourth-order valence-corrected chi connectivity index (χ4v) is 2.83. The Hall–Kier alpha value is -2.81. The predicted octanol–water partition coefficient (Wildman–Crippen LogP) is 0.912. The maximum absolute atomic E-state index is 12.2. The first-order valence-corrected chi connectivity index (χ1v) is 8.37. The molecule has 0 fully saturated rings. The van der Waals surface area contributed by atoms with E-state index in [1.807, 2.05) is 4.72 Å². The Morgan fingerprint density at radius 2 is 1.83 bits per heavy atom. The van der Waals surface area contributed by atoms with Crippen LogP contribution in [0.5, 0.6) is 5.75 Å². The summed E-state index contributed by atoms with van der Waals surface area (Å²) in [6.45, 7) is 1.36. The van der Waals surface area contributed by atoms with E-state index >= 15 is 0 Å². The van der Waals surface area contributed by atoms with E-state index in [2.05, 4.69) is 5.32 Å². The summed E-state index contributed by atoms with van der Waals surface area (Å²) in [6, 6.07) is 7.40. The number of carbonyl (C=O) groups excluding carboxylic acids is 2. The molecule has 128 valence electrons. The Morgan fingerprint density at radius 1 is 1.17 bits per heavy atom. The third-order valence-corrected chi connectivity index (χ3v) is 4.45. The van der Waals surface area contributed by atoms with Gasteiger partial charge >= 0.3 is 0 Å². The van der Waals surface area contributed by atoms with Crippen LogP contribution in [0.1, 0.15) is 17.5 Å². The molecule has 0 unspecified atom stereocenters. The van der Waals surface area contributed by atoms with Gasteiger partial charge in [0.25, 0.3) is 21.8 Å². The number of methoxy groups -OCH3 is 1. The second kappa shape index (κ2) is 7.18. The number of nitrogens with one attached hydrogen (secondary N) is 2. The lowest BCUT2D eigenvalue weighted by Crippen LogP contribution is -2.46. The lowest BCUT2D eigenvalue weighted by atomic mass is 10.3. The van der Waals surface area contributed by atoms with Gasteiger partial charge in [-0.3, -0.25) is 9.59 Å². The van der Waals surface area contributed by atoms with E-state index in [0.29, 0.717) is 5.75 Å². The Balaban J connectivity index is 2.02. The first-order valence-electron chi connectivity index (χ1n) is 6.88. The molecule has 0 aliphatic heterocycles. The van der Waals surface area contributed by atoms with Crippen molar-refractivity contribution in [3.05, 3.63) is 48.4 Å². The summed E-state index contributed by atoms with van der Waals surface area (Å²) < 4.78 is 36.1. The van der Waals surface area contributed by atoms with Crippen LogP contribution >= 0.6 is 0 Å². The molecule has 24 heavy (non-hydrogen) atoms. The van der Waals surface area contributed by atoms with Crippen molar-refractivity contribution >= 4 is 21.8 Å². The van der Waals surface area contributed by atoms with Crippen molar-refractivity contribution in [1.29, 1.82) is 0 Å². The van der Waals surface area contributed by atoms with Crippen LogP contribution < -0.4 is 14.8 Å². The quantitative estimate of drug-likeness (QED) is 0.799. The number of hydrogen-bond donors (Lipinski definition) is 2. The highest BCUT2D eigenvalue weighted by Gasteiger charge is 2.23. The minimum atomic E-state index is -4.05. The van der Waals surface area contributed by atoms with Gasteiger partial charge in [-0.05, 0) is 43.3 Å². The van der Waals surface area contributed by atoms with Gasteiger partial charge in [-0.25, -0.2) is 13.1 Å². The van der Waals surface area contributed by atoms with Crippen LogP contribution in [0.15, 0.2) is 52.0 Å². The zero-order chi connectivity index (χ0) is 17.7. The molecule has 2 aromatic rings. The highest BCUT2D eigenvalue weighted by atomic mass is 32.2. The second-order valence-corrected chi connectivity index (χ2v) is 6.50. The Kier molecular flexibility index (Phi) is 5.24. The van der Waals surface area contributed by atoms with Crippen LogP contribution in [0.3, 0.4) is 0 Å². The zero-order valence-corrected chi connectivity index (χ0v) is 13.8. The van der Waals surface area contributed by atoms with Gasteiger partial charge < -0.3 is 14.5 Å². The van der Waals surface area contributed by atoms with Crippen LogP contribution in [0.25, 0.3) is 0 Å². The smallest absolute Gasteiger partial charge is 0.287 e. The summed E-state index contributed by atoms with van der Waals surface area (Å²) in [4.78, 5) is 23.7. The average molecular weight is 352 g/mol. The molecule has 0 saturated heterocycles. The summed E-state index contributed by atoms with van der Waals surface area (Å²) in [5.41, 5.74) is 0. The molecular formula is C15H16N2O6S. The van der Waals surface area contributed by atoms with E-state index in [9.17, 15) is 18.0 Å². The average Bonchev–Trinajstić information content (AvgIpc) is 3.09. The van der Waals surface area contributed by atoms with Crippen molar-refractivity contribution < 1.29 is 27.2 Å². The van der Waals surface area contributed by atoms with Crippen LogP contribution in [0.4, 0.5) is 0 Å². The molecule has 9 heteroatoms. The van der Waals surface area contributed by atoms with Crippen molar-refractivity contribution in [1.82, 2.24) is 10.0 Å². The van der Waals surface area contributed by atoms with Gasteiger partial charge in [-0.15, -0.1) is 0 Å². The largest absolute Gasteiger partial charge is 0.497 e. The van der Waals surface area contributed by atoms with Crippen LogP contribution in [0.2, 0.25) is 0 Å². The van der Waals surface area contributed by atoms with Crippen molar-refractivity contribution in [2.45, 2.75) is 17.9 Å². The molecule has 0 aliphatic rings. The number of rotatable bonds is 6. The first-order chi connectivity index (χ1) is 11.3. The Bertz CT molecular complexity index is 812. The van der Waals surface area contributed by atoms with Crippen molar-refractivity contribution in [2.24, 2.45) is 0 Å². The molecule has 1 aromatic carbocycles. The fourth-order valence-electron chi connectivity index (χ4n) is 1.78. The van der Waals surface area contributed by atoms with Gasteiger partial charge in [0.05, 0.1) is 18.3 Å². The topological polar surface area (TPSA) is 115 Å². The molecule has 2 amide bonds. The monoisotopic (exact) mass is 352 g/mol. The third kappa shape index (κ3) is 4.13. The van der Waals surface area contributed by atoms with Crippen molar-refractivity contribution in [3.8, 4) is 5.75 Å². The van der Waals surface area contributed by atoms with E-state index in [0.717, 1.165) is 0 Å². The maximum atomic E-state index is 12.2. The normalized spacial score (nSPS) is 12.2. The van der Waals surface area contributed by atoms with Crippen molar-refractivity contribution in [3.63, 3.8) is 0 Å². The molecule has 8 nitrogen and oxygen atoms in total. The van der Waals surface area contributed by atoms with Gasteiger partial charge in [-0.1, -0.05) is 0 Å². The van der Waals surface area contributed by atoms with Gasteiger partial charge in [0.1, 0.15) is 11.8 Å². The standard InChI is InChI=1S/C15H16N2O6S/c1-10(16-15(19)13-4-3-9-23-13)14(18)17-24(20,21)12-7-5-11(22-2)6-8-12/h3-10H,1-2H3,(H,16,19)(H,17,18)/t10-/m1/s1. The maximum Gasteiger partial charge on any atom is 0.287 e. The fraction of sp³-hybridized carbons (Fsp3) is 0.200. The van der Waals surface area contributed by atoms with Crippen LogP contribution in [-0.4, -0.2) is 33.4 Å². The highest BCUT2D eigenvalue weighted by molar-refractivity contribution is 7.90. The van der Waals surface area contributed by atoms with Gasteiger partial charge in [0.15, 0.2) is 5.76 Å². The summed E-state index contributed by atoms with van der Waals surface area (Å²) in [5.74, 6) is -0.984. The molecule has 0 radical (unpaired) electrons. The number of furan rings is 1. The first kappa shape index (κ1) is 17.5. The Morgan fingerprint density at radius 3 is 2.38 bits per heavy atom. The van der Waals surface area contributed by atoms with Crippen LogP contribution in [-0.2, 0) is 14.8 Å². The molecular weight excluding hydrogens is 336 g/mol. The summed E-state index contributed by atoms with van der Waals surface area (Å²) in [5, 5.41) is 2.35. The van der Waals surface area contributed by atoms with Gasteiger partial charge in [0.2, 0.25) is 0 Å². The predicted molar refractivity (Wildman–Crippen MR) is 84.0 cm³/mol. The van der Waals surface area contributed by atoms with Gasteiger partial charge in [0, 0.05) is 0 Å². The molecule has 0 saturated carbocycles. The number of amides is 2. The van der Waals surface area contributed by atoms with Crippen LogP contribution in [0, 0.1) is 0 Å². The summed E-state index contributed by atoms with van der Waals surface area (Å²) >= 11 is 0. The molecule has 1 aromatic heterocycles. The van der Waals surface area contributed by atoms with E-state index in [1.165, 1.54) is 56.7 Å². The number of ether oxygens (including phenoxy) is 1. The van der Waals surface area contributed by atoms with E-state index < -0.39 is 27.9 Å². The molecule has 0 bridgehead atoms. The number of carbonyl (C=O) groups is 2. The number of benzene rings is 1. The Labute approximate surface area is 138 Å². The summed E-state index contributed by atoms with van der Waals surface area (Å²) in [6.07, 6.45) is 1.31. The summed E-state index contributed by atoms with van der Waals surface area (Å²) in [7, 11) is -2.60. The molecule has 1 heterocycles. The lowest BCUT2D eigenvalue weighted by Gasteiger charge is -2.13. The second-order valence-electron chi connectivity index (χ2n) is 4.82. The minimum absolute atomic E-state index is 0.0210. The highest BCUT2D eigenvalue weighted by Crippen LogP contribution is 2.15. The minimum Gasteiger partial charge on any atom is -0.497 e. The molecule has 2 N–H and O–H groups in total. The van der Waals surface area contributed by atoms with E-state index in [-0.39, 0.29) is 10.7 Å². The van der Waals surface area contributed by atoms with Gasteiger partial charge in [-0.2, -0.15) is 0 Å². The van der Waals surface area contributed by atoms with Crippen molar-refractivity contribution in [2.75, 3.05) is 7.11 Å². The van der Waals surface area contributed by atoms with E-state index in [1.54, 1.807) is 0 Å². The number of sulfonamides is 1. The lowest BCUT2D eigenvalue weighted by molar-refractivity contribution is -0.120. The third-order valence-electron chi connectivity index (χ3n) is 3.09. The SMILES string of the molecule is COc1ccc(S(=O)(=O)NC(=O)[C@@H](C)NC(=O)c2ccco2)cc1. The van der Waals surface area contributed by atoms with E-state index in [4.69, 9.17) is 9.15 Å².